The van der Waals surface area contributed by atoms with Crippen LogP contribution in [0.5, 0.6) is 0 Å². The van der Waals surface area contributed by atoms with Crippen LogP contribution in [0.3, 0.4) is 0 Å². The van der Waals surface area contributed by atoms with Crippen LogP contribution in [-0.2, 0) is 9.53 Å². The van der Waals surface area contributed by atoms with Crippen LogP contribution in [0.25, 0.3) is 0 Å². The minimum absolute atomic E-state index is 0.121. The molecule has 1 fully saturated rings. The van der Waals surface area contributed by atoms with E-state index in [2.05, 4.69) is 17.0 Å². The van der Waals surface area contributed by atoms with Gasteiger partial charge in [-0.3, -0.25) is 9.69 Å². The quantitative estimate of drug-likeness (QED) is 0.875. The fourth-order valence-corrected chi connectivity index (χ4v) is 3.27. The van der Waals surface area contributed by atoms with E-state index in [1.807, 2.05) is 32.0 Å². The second-order valence-electron chi connectivity index (χ2n) is 6.22. The SMILES string of the molecule is COCC(c1ccccc1)N1CCC(C(=O)O)(C(C)C)C1. The van der Waals surface area contributed by atoms with Gasteiger partial charge in [-0.15, -0.1) is 0 Å². The molecule has 4 nitrogen and oxygen atoms in total. The van der Waals surface area contributed by atoms with Gasteiger partial charge in [-0.05, 0) is 17.9 Å². The molecule has 0 spiro atoms. The van der Waals surface area contributed by atoms with E-state index in [1.165, 1.54) is 5.56 Å². The van der Waals surface area contributed by atoms with Crippen molar-refractivity contribution in [1.29, 1.82) is 0 Å². The zero-order valence-corrected chi connectivity index (χ0v) is 13.1. The number of methoxy groups -OCH3 is 1. The lowest BCUT2D eigenvalue weighted by Crippen LogP contribution is -2.40. The van der Waals surface area contributed by atoms with Gasteiger partial charge < -0.3 is 9.84 Å². The molecule has 116 valence electrons. The Morgan fingerprint density at radius 1 is 1.38 bits per heavy atom. The molecule has 1 aliphatic rings. The zero-order valence-electron chi connectivity index (χ0n) is 13.1. The first-order valence-electron chi connectivity index (χ1n) is 7.52. The highest BCUT2D eigenvalue weighted by molar-refractivity contribution is 5.75. The Balaban J connectivity index is 2.22. The van der Waals surface area contributed by atoms with Crippen molar-refractivity contribution in [3.63, 3.8) is 0 Å². The van der Waals surface area contributed by atoms with Crippen LogP contribution in [0.4, 0.5) is 0 Å². The Hall–Kier alpha value is -1.39. The number of nitrogens with zero attached hydrogens (tertiary/aromatic N) is 1. The van der Waals surface area contributed by atoms with Gasteiger partial charge in [-0.25, -0.2) is 0 Å². The zero-order chi connectivity index (χ0) is 15.5. The minimum Gasteiger partial charge on any atom is -0.481 e. The Bertz CT molecular complexity index is 474. The highest BCUT2D eigenvalue weighted by atomic mass is 16.5. The summed E-state index contributed by atoms with van der Waals surface area (Å²) in [6, 6.07) is 10.3. The monoisotopic (exact) mass is 291 g/mol. The fraction of sp³-hybridized carbons (Fsp3) is 0.588. The lowest BCUT2D eigenvalue weighted by atomic mass is 9.76. The number of ether oxygens (including phenoxy) is 1. The summed E-state index contributed by atoms with van der Waals surface area (Å²) in [6.45, 7) is 5.98. The molecule has 4 heteroatoms. The summed E-state index contributed by atoms with van der Waals surface area (Å²) in [5.74, 6) is -0.553. The van der Waals surface area contributed by atoms with Crippen molar-refractivity contribution in [3.05, 3.63) is 35.9 Å². The van der Waals surface area contributed by atoms with E-state index < -0.39 is 11.4 Å². The molecule has 1 aliphatic heterocycles. The van der Waals surface area contributed by atoms with Gasteiger partial charge in [0.15, 0.2) is 0 Å². The van der Waals surface area contributed by atoms with Crippen LogP contribution in [0, 0.1) is 11.3 Å². The molecule has 0 aromatic heterocycles. The largest absolute Gasteiger partial charge is 0.481 e. The fourth-order valence-electron chi connectivity index (χ4n) is 3.27. The third-order valence-corrected chi connectivity index (χ3v) is 4.81. The standard InChI is InChI=1S/C17H25NO3/c1-13(2)17(16(19)20)9-10-18(12-17)15(11-21-3)14-7-5-4-6-8-14/h4-8,13,15H,9-12H2,1-3H3,(H,19,20). The lowest BCUT2D eigenvalue weighted by Gasteiger charge is -2.32. The van der Waals surface area contributed by atoms with Gasteiger partial charge >= 0.3 is 5.97 Å². The number of rotatable bonds is 6. The van der Waals surface area contributed by atoms with E-state index in [-0.39, 0.29) is 12.0 Å². The number of carboxylic acid groups (broad SMARTS) is 1. The van der Waals surface area contributed by atoms with Gasteiger partial charge in [0.05, 0.1) is 18.1 Å². The van der Waals surface area contributed by atoms with Crippen LogP contribution in [-0.4, -0.2) is 42.8 Å². The van der Waals surface area contributed by atoms with E-state index in [4.69, 9.17) is 4.74 Å². The summed E-state index contributed by atoms with van der Waals surface area (Å²) in [5, 5.41) is 9.68. The van der Waals surface area contributed by atoms with E-state index >= 15 is 0 Å². The second kappa shape index (κ2) is 6.58. The Morgan fingerprint density at radius 3 is 2.52 bits per heavy atom. The van der Waals surface area contributed by atoms with Crippen LogP contribution in [0.1, 0.15) is 31.9 Å². The van der Waals surface area contributed by atoms with Crippen molar-refractivity contribution in [2.75, 3.05) is 26.8 Å². The summed E-state index contributed by atoms with van der Waals surface area (Å²) in [4.78, 5) is 14.0. The molecule has 0 saturated carbocycles. The van der Waals surface area contributed by atoms with Gasteiger partial charge in [0.2, 0.25) is 0 Å². The Morgan fingerprint density at radius 2 is 2.05 bits per heavy atom. The minimum atomic E-state index is -0.677. The third kappa shape index (κ3) is 3.11. The van der Waals surface area contributed by atoms with Crippen LogP contribution in [0.15, 0.2) is 30.3 Å². The molecule has 2 atom stereocenters. The number of aliphatic carboxylic acids is 1. The molecule has 1 saturated heterocycles. The van der Waals surface area contributed by atoms with Crippen molar-refractivity contribution in [1.82, 2.24) is 4.90 Å². The van der Waals surface area contributed by atoms with E-state index in [0.717, 1.165) is 6.54 Å². The van der Waals surface area contributed by atoms with E-state index in [1.54, 1.807) is 7.11 Å². The second-order valence-corrected chi connectivity index (χ2v) is 6.22. The molecule has 2 unspecified atom stereocenters. The first kappa shape index (κ1) is 16.0. The maximum atomic E-state index is 11.8. The number of carboxylic acids is 1. The van der Waals surface area contributed by atoms with Gasteiger partial charge in [-0.2, -0.15) is 0 Å². The number of hydrogen-bond acceptors (Lipinski definition) is 3. The summed E-state index contributed by atoms with van der Waals surface area (Å²) in [7, 11) is 1.69. The summed E-state index contributed by atoms with van der Waals surface area (Å²) >= 11 is 0. The lowest BCUT2D eigenvalue weighted by molar-refractivity contribution is -0.151. The van der Waals surface area contributed by atoms with Crippen molar-refractivity contribution in [3.8, 4) is 0 Å². The number of hydrogen-bond donors (Lipinski definition) is 1. The number of likely N-dealkylation sites (tertiary alicyclic amines) is 1. The van der Waals surface area contributed by atoms with Gasteiger partial charge in [-0.1, -0.05) is 44.2 Å². The smallest absolute Gasteiger partial charge is 0.311 e. The van der Waals surface area contributed by atoms with Crippen molar-refractivity contribution in [2.24, 2.45) is 11.3 Å². The molecule has 1 heterocycles. The summed E-state index contributed by atoms with van der Waals surface area (Å²) in [5.41, 5.74) is 0.546. The first-order chi connectivity index (χ1) is 10.0. The van der Waals surface area contributed by atoms with Crippen molar-refractivity contribution in [2.45, 2.75) is 26.3 Å². The Labute approximate surface area is 126 Å². The summed E-state index contributed by atoms with van der Waals surface area (Å²) < 4.78 is 5.37. The normalized spacial score (nSPS) is 24.4. The van der Waals surface area contributed by atoms with Crippen LogP contribution in [0.2, 0.25) is 0 Å². The van der Waals surface area contributed by atoms with E-state index in [9.17, 15) is 9.90 Å². The molecule has 2 rings (SSSR count). The molecule has 1 N–H and O–H groups in total. The van der Waals surface area contributed by atoms with Crippen LogP contribution >= 0.6 is 0 Å². The van der Waals surface area contributed by atoms with Crippen LogP contribution < -0.4 is 0 Å². The van der Waals surface area contributed by atoms with E-state index in [0.29, 0.717) is 19.6 Å². The average Bonchev–Trinajstić information content (AvgIpc) is 2.92. The molecule has 0 bridgehead atoms. The molecular weight excluding hydrogens is 266 g/mol. The third-order valence-electron chi connectivity index (χ3n) is 4.81. The van der Waals surface area contributed by atoms with Crippen molar-refractivity contribution >= 4 is 5.97 Å². The summed E-state index contributed by atoms with van der Waals surface area (Å²) in [6.07, 6.45) is 0.701. The molecule has 21 heavy (non-hydrogen) atoms. The highest BCUT2D eigenvalue weighted by Gasteiger charge is 2.48. The maximum absolute atomic E-state index is 11.8. The van der Waals surface area contributed by atoms with Gasteiger partial charge in [0.1, 0.15) is 0 Å². The van der Waals surface area contributed by atoms with Crippen molar-refractivity contribution < 1.29 is 14.6 Å². The molecule has 1 aromatic carbocycles. The molecule has 1 aromatic rings. The predicted molar refractivity (Wildman–Crippen MR) is 82.2 cm³/mol. The first-order valence-corrected chi connectivity index (χ1v) is 7.52. The predicted octanol–water partition coefficient (Wildman–Crippen LogP) is 2.81. The Kier molecular flexibility index (Phi) is 5.01. The molecule has 0 aliphatic carbocycles. The molecule has 0 radical (unpaired) electrons. The number of carbonyl (C=O) groups is 1. The highest BCUT2D eigenvalue weighted by Crippen LogP contribution is 2.41. The average molecular weight is 291 g/mol. The maximum Gasteiger partial charge on any atom is 0.311 e. The topological polar surface area (TPSA) is 49.8 Å². The molecule has 0 amide bonds. The van der Waals surface area contributed by atoms with Gasteiger partial charge in [0, 0.05) is 20.2 Å². The molecular formula is C17H25NO3. The number of benzene rings is 1. The van der Waals surface area contributed by atoms with Gasteiger partial charge in [0.25, 0.3) is 0 Å².